The SMILES string of the molecule is C[C@H](CO)NC(=O)C[C@H]1CC=CCC[C@H](Cc2ccccc2)C(=O)OC[C@H](CSCc2ccccc2)NC1=O. The number of aliphatic hydroxyl groups excluding tert-OH is 1. The zero-order valence-corrected chi connectivity index (χ0v) is 23.4. The number of thioether (sulfide) groups is 1. The van der Waals surface area contributed by atoms with Crippen LogP contribution in [0.1, 0.15) is 43.7 Å². The van der Waals surface area contributed by atoms with Gasteiger partial charge in [-0.25, -0.2) is 0 Å². The lowest BCUT2D eigenvalue weighted by atomic mass is 9.94. The molecule has 4 atom stereocenters. The molecule has 3 N–H and O–H groups in total. The molecule has 1 heterocycles. The van der Waals surface area contributed by atoms with Crippen LogP contribution >= 0.6 is 11.8 Å². The quantitative estimate of drug-likeness (QED) is 0.304. The van der Waals surface area contributed by atoms with Gasteiger partial charge in [0.1, 0.15) is 6.61 Å². The van der Waals surface area contributed by atoms with E-state index in [1.54, 1.807) is 18.7 Å². The monoisotopic (exact) mass is 552 g/mol. The predicted molar refractivity (Wildman–Crippen MR) is 155 cm³/mol. The van der Waals surface area contributed by atoms with E-state index in [-0.39, 0.29) is 55.4 Å². The van der Waals surface area contributed by atoms with Gasteiger partial charge in [0, 0.05) is 24.0 Å². The molecule has 210 valence electrons. The Labute approximate surface area is 235 Å². The molecule has 0 aliphatic carbocycles. The molecule has 3 rings (SSSR count). The van der Waals surface area contributed by atoms with Crippen molar-refractivity contribution in [2.75, 3.05) is 19.0 Å². The van der Waals surface area contributed by atoms with E-state index >= 15 is 0 Å². The van der Waals surface area contributed by atoms with Crippen molar-refractivity contribution in [3.63, 3.8) is 0 Å². The van der Waals surface area contributed by atoms with E-state index < -0.39 is 5.92 Å². The lowest BCUT2D eigenvalue weighted by molar-refractivity contribution is -0.150. The molecule has 1 aliphatic rings. The third-order valence-electron chi connectivity index (χ3n) is 6.61. The largest absolute Gasteiger partial charge is 0.463 e. The number of hydrogen-bond donors (Lipinski definition) is 3. The van der Waals surface area contributed by atoms with E-state index in [2.05, 4.69) is 22.8 Å². The van der Waals surface area contributed by atoms with Gasteiger partial charge in [0.15, 0.2) is 0 Å². The van der Waals surface area contributed by atoms with E-state index in [0.717, 1.165) is 11.3 Å². The second-order valence-corrected chi connectivity index (χ2v) is 11.1. The highest BCUT2D eigenvalue weighted by Gasteiger charge is 2.27. The Morgan fingerprint density at radius 3 is 2.44 bits per heavy atom. The van der Waals surface area contributed by atoms with E-state index in [1.165, 1.54) is 5.56 Å². The Balaban J connectivity index is 1.72. The summed E-state index contributed by atoms with van der Waals surface area (Å²) in [5.41, 5.74) is 2.26. The van der Waals surface area contributed by atoms with Gasteiger partial charge in [-0.05, 0) is 43.7 Å². The van der Waals surface area contributed by atoms with Crippen LogP contribution in [0.2, 0.25) is 0 Å². The number of rotatable bonds is 10. The first-order valence-electron chi connectivity index (χ1n) is 13.6. The molecule has 7 nitrogen and oxygen atoms in total. The van der Waals surface area contributed by atoms with Gasteiger partial charge >= 0.3 is 5.97 Å². The molecule has 2 aromatic rings. The molecule has 0 saturated heterocycles. The molecular formula is C31H40N2O5S. The van der Waals surface area contributed by atoms with Crippen LogP contribution in [0.4, 0.5) is 0 Å². The Bertz CT molecular complexity index is 1060. The summed E-state index contributed by atoms with van der Waals surface area (Å²) in [6, 6.07) is 19.2. The number of cyclic esters (lactones) is 1. The van der Waals surface area contributed by atoms with Gasteiger partial charge in [-0.2, -0.15) is 11.8 Å². The summed E-state index contributed by atoms with van der Waals surface area (Å²) in [6.45, 7) is 1.62. The number of benzene rings is 2. The second-order valence-electron chi connectivity index (χ2n) is 10.1. The van der Waals surface area contributed by atoms with Crippen LogP contribution in [0.15, 0.2) is 72.8 Å². The number of allylic oxidation sites excluding steroid dienone is 2. The lowest BCUT2D eigenvalue weighted by Crippen LogP contribution is -2.45. The third-order valence-corrected chi connectivity index (χ3v) is 7.79. The number of esters is 1. The summed E-state index contributed by atoms with van der Waals surface area (Å²) in [7, 11) is 0. The van der Waals surface area contributed by atoms with Crippen LogP contribution in [0, 0.1) is 11.8 Å². The summed E-state index contributed by atoms with van der Waals surface area (Å²) in [6.07, 6.45) is 6.23. The van der Waals surface area contributed by atoms with Crippen LogP contribution in [-0.2, 0) is 31.3 Å². The van der Waals surface area contributed by atoms with Crippen molar-refractivity contribution in [1.82, 2.24) is 10.6 Å². The number of ether oxygens (including phenoxy) is 1. The topological polar surface area (TPSA) is 105 Å². The van der Waals surface area contributed by atoms with Crippen LogP contribution in [0.5, 0.6) is 0 Å². The average Bonchev–Trinajstić information content (AvgIpc) is 2.95. The Morgan fingerprint density at radius 2 is 1.74 bits per heavy atom. The van der Waals surface area contributed by atoms with Crippen molar-refractivity contribution in [3.05, 3.63) is 83.9 Å². The smallest absolute Gasteiger partial charge is 0.309 e. The third kappa shape index (κ3) is 11.3. The number of carbonyl (C=O) groups excluding carboxylic acids is 3. The van der Waals surface area contributed by atoms with Crippen molar-refractivity contribution in [2.24, 2.45) is 11.8 Å². The van der Waals surface area contributed by atoms with Crippen LogP contribution in [-0.4, -0.2) is 53.9 Å². The Hall–Kier alpha value is -3.10. The molecule has 1 aliphatic heterocycles. The second kappa shape index (κ2) is 16.8. The molecule has 0 fully saturated rings. The maximum atomic E-state index is 13.3. The highest BCUT2D eigenvalue weighted by atomic mass is 32.2. The van der Waals surface area contributed by atoms with Crippen molar-refractivity contribution in [1.29, 1.82) is 0 Å². The van der Waals surface area contributed by atoms with Gasteiger partial charge in [0.25, 0.3) is 0 Å². The van der Waals surface area contributed by atoms with Gasteiger partial charge in [-0.3, -0.25) is 14.4 Å². The highest BCUT2D eigenvalue weighted by molar-refractivity contribution is 7.98. The first kappa shape index (κ1) is 30.4. The fourth-order valence-corrected chi connectivity index (χ4v) is 5.42. The van der Waals surface area contributed by atoms with Gasteiger partial charge in [0.05, 0.1) is 24.5 Å². The van der Waals surface area contributed by atoms with Crippen molar-refractivity contribution >= 4 is 29.5 Å². The number of amides is 2. The number of aliphatic hydroxyl groups is 1. The summed E-state index contributed by atoms with van der Waals surface area (Å²) < 4.78 is 5.79. The first-order chi connectivity index (χ1) is 18.9. The van der Waals surface area contributed by atoms with Gasteiger partial charge < -0.3 is 20.5 Å². The minimum absolute atomic E-state index is 0.0147. The highest BCUT2D eigenvalue weighted by Crippen LogP contribution is 2.20. The van der Waals surface area contributed by atoms with E-state index in [0.29, 0.717) is 31.4 Å². The molecule has 0 saturated carbocycles. The number of nitrogens with one attached hydrogen (secondary N) is 2. The molecule has 0 radical (unpaired) electrons. The van der Waals surface area contributed by atoms with Gasteiger partial charge in [-0.1, -0.05) is 72.8 Å². The van der Waals surface area contributed by atoms with E-state index in [1.807, 2.05) is 60.7 Å². The summed E-state index contributed by atoms with van der Waals surface area (Å²) in [4.78, 5) is 39.0. The zero-order chi connectivity index (χ0) is 27.9. The van der Waals surface area contributed by atoms with Gasteiger partial charge in [-0.15, -0.1) is 0 Å². The van der Waals surface area contributed by atoms with Crippen molar-refractivity contribution in [2.45, 2.75) is 56.9 Å². The molecule has 0 unspecified atom stereocenters. The summed E-state index contributed by atoms with van der Waals surface area (Å²) in [5.74, 6) is -0.295. The normalized spacial score (nSPS) is 21.4. The maximum Gasteiger partial charge on any atom is 0.309 e. The fraction of sp³-hybridized carbons (Fsp3) is 0.452. The summed E-state index contributed by atoms with van der Waals surface area (Å²) >= 11 is 1.66. The van der Waals surface area contributed by atoms with Crippen molar-refractivity contribution in [3.8, 4) is 0 Å². The Morgan fingerprint density at radius 1 is 1.05 bits per heavy atom. The van der Waals surface area contributed by atoms with Gasteiger partial charge in [0.2, 0.25) is 11.8 Å². The first-order valence-corrected chi connectivity index (χ1v) is 14.8. The Kier molecular flexibility index (Phi) is 13.1. The fourth-order valence-electron chi connectivity index (χ4n) is 4.41. The minimum Gasteiger partial charge on any atom is -0.463 e. The summed E-state index contributed by atoms with van der Waals surface area (Å²) in [5, 5.41) is 15.0. The van der Waals surface area contributed by atoms with Crippen LogP contribution < -0.4 is 10.6 Å². The minimum atomic E-state index is -0.565. The standard InChI is InChI=1S/C31H40N2O5S/c1-23(19-34)32-29(35)18-26-15-9-4-10-16-27(17-24-11-5-2-6-12-24)31(37)38-20-28(33-30(26)36)22-39-21-25-13-7-3-8-14-25/h2-9,11-14,23,26-28,34H,10,15-22H2,1H3,(H,32,35)(H,33,36)/t23-,26-,27-,28-/m1/s1. The van der Waals surface area contributed by atoms with Crippen LogP contribution in [0.25, 0.3) is 0 Å². The van der Waals surface area contributed by atoms with Crippen LogP contribution in [0.3, 0.4) is 0 Å². The molecule has 0 aromatic heterocycles. The molecule has 39 heavy (non-hydrogen) atoms. The zero-order valence-electron chi connectivity index (χ0n) is 22.6. The van der Waals surface area contributed by atoms with E-state index in [4.69, 9.17) is 4.74 Å². The molecule has 8 heteroatoms. The van der Waals surface area contributed by atoms with E-state index in [9.17, 15) is 19.5 Å². The maximum absolute atomic E-state index is 13.3. The molecule has 2 aromatic carbocycles. The average molecular weight is 553 g/mol. The van der Waals surface area contributed by atoms with Crippen molar-refractivity contribution < 1.29 is 24.2 Å². The number of hydrogen-bond acceptors (Lipinski definition) is 6. The molecule has 0 spiro atoms. The number of carbonyl (C=O) groups is 3. The molecule has 2 amide bonds. The molecular weight excluding hydrogens is 512 g/mol. The lowest BCUT2D eigenvalue weighted by Gasteiger charge is -2.23. The predicted octanol–water partition coefficient (Wildman–Crippen LogP) is 4.05. The molecule has 0 bridgehead atoms.